The molecule has 2 aromatic carbocycles. The zero-order chi connectivity index (χ0) is 11.2. The van der Waals surface area contributed by atoms with Gasteiger partial charge in [0.05, 0.1) is 11.0 Å². The number of fused-ring (bicyclic) bond motifs is 5. The van der Waals surface area contributed by atoms with Gasteiger partial charge in [-0.25, -0.2) is 0 Å². The van der Waals surface area contributed by atoms with Crippen LogP contribution < -0.4 is 0 Å². The number of para-hydroxylation sites is 2. The molecule has 0 fully saturated rings. The number of aromatic amines is 1. The maximum absolute atomic E-state index is 4.51. The summed E-state index contributed by atoms with van der Waals surface area (Å²) >= 11 is 0. The van der Waals surface area contributed by atoms with Crippen LogP contribution in [0.3, 0.4) is 0 Å². The first-order valence-corrected chi connectivity index (χ1v) is 5.68. The lowest BCUT2D eigenvalue weighted by atomic mass is 10.1. The van der Waals surface area contributed by atoms with Crippen molar-refractivity contribution in [3.63, 3.8) is 0 Å². The van der Waals surface area contributed by atoms with E-state index in [2.05, 4.69) is 40.3 Å². The van der Waals surface area contributed by atoms with Crippen LogP contribution in [0.4, 0.5) is 0 Å². The molecule has 2 nitrogen and oxygen atoms in total. The van der Waals surface area contributed by atoms with Gasteiger partial charge in [-0.05, 0) is 12.1 Å². The van der Waals surface area contributed by atoms with E-state index in [1.165, 1.54) is 27.2 Å². The van der Waals surface area contributed by atoms with Crippen molar-refractivity contribution in [3.05, 3.63) is 54.7 Å². The van der Waals surface area contributed by atoms with Gasteiger partial charge in [0.2, 0.25) is 0 Å². The van der Waals surface area contributed by atoms with Crippen LogP contribution in [0, 0.1) is 0 Å². The standard InChI is InChI=1S/C15H10N2.ClH/c1-4-8-14-10(5-1)12-9-16-13-7-3-2-6-11(13)15(12)17-14;/h1-9,17H;1H. The van der Waals surface area contributed by atoms with Crippen LogP contribution in [-0.2, 0) is 0 Å². The number of nitrogens with one attached hydrogen (secondary N) is 1. The summed E-state index contributed by atoms with van der Waals surface area (Å²) in [5, 5.41) is 3.61. The zero-order valence-electron chi connectivity index (χ0n) is 9.55. The number of H-pyrrole nitrogens is 1. The highest BCUT2D eigenvalue weighted by Crippen LogP contribution is 2.29. The van der Waals surface area contributed by atoms with Crippen LogP contribution in [0.2, 0.25) is 0 Å². The molecule has 0 saturated heterocycles. The van der Waals surface area contributed by atoms with Crippen LogP contribution in [0.15, 0.2) is 54.7 Å². The van der Waals surface area contributed by atoms with Crippen molar-refractivity contribution in [2.45, 2.75) is 0 Å². The molecule has 0 spiro atoms. The Morgan fingerprint density at radius 3 is 2.39 bits per heavy atom. The van der Waals surface area contributed by atoms with Crippen molar-refractivity contribution < 1.29 is 0 Å². The number of halogens is 1. The van der Waals surface area contributed by atoms with E-state index in [-0.39, 0.29) is 12.4 Å². The summed E-state index contributed by atoms with van der Waals surface area (Å²) in [6.45, 7) is 0. The average molecular weight is 255 g/mol. The topological polar surface area (TPSA) is 28.7 Å². The fourth-order valence-corrected chi connectivity index (χ4v) is 2.44. The number of nitrogens with zero attached hydrogens (tertiary/aromatic N) is 1. The number of hydrogen-bond acceptors (Lipinski definition) is 1. The molecule has 18 heavy (non-hydrogen) atoms. The second-order valence-electron chi connectivity index (χ2n) is 4.23. The summed E-state index contributed by atoms with van der Waals surface area (Å²) in [5.41, 5.74) is 3.38. The lowest BCUT2D eigenvalue weighted by Gasteiger charge is -1.97. The van der Waals surface area contributed by atoms with Crippen molar-refractivity contribution in [1.29, 1.82) is 0 Å². The molecule has 0 radical (unpaired) electrons. The highest BCUT2D eigenvalue weighted by Gasteiger charge is 2.06. The van der Waals surface area contributed by atoms with E-state index < -0.39 is 0 Å². The van der Waals surface area contributed by atoms with E-state index in [0.29, 0.717) is 0 Å². The molecule has 0 aliphatic heterocycles. The predicted molar refractivity (Wildman–Crippen MR) is 78.4 cm³/mol. The van der Waals surface area contributed by atoms with Crippen molar-refractivity contribution in [1.82, 2.24) is 9.97 Å². The molecule has 3 heteroatoms. The third kappa shape index (κ3) is 1.39. The van der Waals surface area contributed by atoms with Gasteiger partial charge < -0.3 is 4.98 Å². The van der Waals surface area contributed by atoms with Gasteiger partial charge in [0.1, 0.15) is 0 Å². The number of rotatable bonds is 0. The second kappa shape index (κ2) is 4.00. The van der Waals surface area contributed by atoms with Gasteiger partial charge in [-0.2, -0.15) is 0 Å². The first-order valence-electron chi connectivity index (χ1n) is 5.68. The summed E-state index contributed by atoms with van der Waals surface area (Å²) in [6, 6.07) is 16.6. The van der Waals surface area contributed by atoms with Gasteiger partial charge in [-0.1, -0.05) is 36.4 Å². The monoisotopic (exact) mass is 254 g/mol. The fraction of sp³-hybridized carbons (Fsp3) is 0. The molecule has 0 amide bonds. The smallest absolute Gasteiger partial charge is 0.0723 e. The van der Waals surface area contributed by atoms with E-state index >= 15 is 0 Å². The summed E-state index contributed by atoms with van der Waals surface area (Å²) in [6.07, 6.45) is 1.95. The largest absolute Gasteiger partial charge is 0.354 e. The Morgan fingerprint density at radius 2 is 1.50 bits per heavy atom. The Morgan fingerprint density at radius 1 is 0.778 bits per heavy atom. The first kappa shape index (κ1) is 11.1. The zero-order valence-corrected chi connectivity index (χ0v) is 10.4. The van der Waals surface area contributed by atoms with Crippen molar-refractivity contribution in [3.8, 4) is 0 Å². The van der Waals surface area contributed by atoms with Gasteiger partial charge in [0.15, 0.2) is 0 Å². The third-order valence-corrected chi connectivity index (χ3v) is 3.25. The molecule has 0 unspecified atom stereocenters. The third-order valence-electron chi connectivity index (χ3n) is 3.25. The highest BCUT2D eigenvalue weighted by molar-refractivity contribution is 6.15. The summed E-state index contributed by atoms with van der Waals surface area (Å²) in [5.74, 6) is 0. The minimum Gasteiger partial charge on any atom is -0.354 e. The summed E-state index contributed by atoms with van der Waals surface area (Å²) < 4.78 is 0. The quantitative estimate of drug-likeness (QED) is 0.498. The maximum Gasteiger partial charge on any atom is 0.0723 e. The fourth-order valence-electron chi connectivity index (χ4n) is 2.44. The van der Waals surface area contributed by atoms with Gasteiger partial charge in [-0.15, -0.1) is 12.4 Å². The van der Waals surface area contributed by atoms with Crippen molar-refractivity contribution in [2.24, 2.45) is 0 Å². The van der Waals surface area contributed by atoms with Crippen LogP contribution in [0.5, 0.6) is 0 Å². The molecule has 4 aromatic rings. The first-order chi connectivity index (χ1) is 8.43. The number of pyridine rings is 1. The SMILES string of the molecule is Cl.c1ccc2c(c1)ncc1c3ccccc3[nH]c21. The van der Waals surface area contributed by atoms with E-state index in [1.807, 2.05) is 24.4 Å². The molecular weight excluding hydrogens is 244 g/mol. The predicted octanol–water partition coefficient (Wildman–Crippen LogP) is 4.29. The molecule has 0 saturated carbocycles. The average Bonchev–Trinajstić information content (AvgIpc) is 2.78. The van der Waals surface area contributed by atoms with E-state index in [0.717, 1.165) is 5.52 Å². The van der Waals surface area contributed by atoms with Gasteiger partial charge >= 0.3 is 0 Å². The van der Waals surface area contributed by atoms with Crippen LogP contribution in [0.25, 0.3) is 32.7 Å². The number of hydrogen-bond donors (Lipinski definition) is 1. The van der Waals surface area contributed by atoms with Gasteiger partial charge in [0.25, 0.3) is 0 Å². The lowest BCUT2D eigenvalue weighted by Crippen LogP contribution is -1.79. The molecule has 0 aliphatic carbocycles. The minimum atomic E-state index is 0. The Labute approximate surface area is 110 Å². The van der Waals surface area contributed by atoms with E-state index in [1.54, 1.807) is 0 Å². The summed E-state index contributed by atoms with van der Waals surface area (Å²) in [4.78, 5) is 7.99. The molecule has 0 bridgehead atoms. The molecule has 4 rings (SSSR count). The van der Waals surface area contributed by atoms with E-state index in [4.69, 9.17) is 0 Å². The molecule has 2 heterocycles. The van der Waals surface area contributed by atoms with Gasteiger partial charge in [-0.3, -0.25) is 4.98 Å². The van der Waals surface area contributed by atoms with Crippen molar-refractivity contribution >= 4 is 45.1 Å². The highest BCUT2D eigenvalue weighted by atomic mass is 35.5. The number of benzene rings is 2. The minimum absolute atomic E-state index is 0. The van der Waals surface area contributed by atoms with Crippen LogP contribution >= 0.6 is 12.4 Å². The van der Waals surface area contributed by atoms with E-state index in [9.17, 15) is 0 Å². The lowest BCUT2D eigenvalue weighted by molar-refractivity contribution is 1.44. The molecule has 1 N–H and O–H groups in total. The molecule has 88 valence electrons. The van der Waals surface area contributed by atoms with Crippen molar-refractivity contribution in [2.75, 3.05) is 0 Å². The molecule has 0 aliphatic rings. The Kier molecular flexibility index (Phi) is 2.46. The molecule has 0 atom stereocenters. The maximum atomic E-state index is 4.51. The summed E-state index contributed by atoms with van der Waals surface area (Å²) in [7, 11) is 0. The van der Waals surface area contributed by atoms with Crippen LogP contribution in [0.1, 0.15) is 0 Å². The van der Waals surface area contributed by atoms with Crippen LogP contribution in [-0.4, -0.2) is 9.97 Å². The van der Waals surface area contributed by atoms with Gasteiger partial charge in [0, 0.05) is 27.9 Å². The normalized spacial score (nSPS) is 10.9. The Bertz CT molecular complexity index is 849. The Hall–Kier alpha value is -2.06. The second-order valence-corrected chi connectivity index (χ2v) is 4.23. The molecule has 2 aromatic heterocycles. The number of aromatic nitrogens is 2. The molecular formula is C15H11ClN2. The Balaban J connectivity index is 0.000001000.